The second-order valence-electron chi connectivity index (χ2n) is 4.64. The van der Waals surface area contributed by atoms with Crippen molar-refractivity contribution in [3.63, 3.8) is 0 Å². The summed E-state index contributed by atoms with van der Waals surface area (Å²) in [6, 6.07) is 2.40. The molecular weight excluding hydrogens is 228 g/mol. The minimum Gasteiger partial charge on any atom is -0.377 e. The lowest BCUT2D eigenvalue weighted by Gasteiger charge is -2.36. The van der Waals surface area contributed by atoms with Crippen LogP contribution in [0, 0.1) is 6.92 Å². The molecule has 2 rings (SSSR count). The van der Waals surface area contributed by atoms with E-state index in [2.05, 4.69) is 27.1 Å². The van der Waals surface area contributed by atoms with Gasteiger partial charge in [0, 0.05) is 24.8 Å². The minimum atomic E-state index is 0.361. The van der Waals surface area contributed by atoms with E-state index in [0.29, 0.717) is 6.04 Å². The van der Waals surface area contributed by atoms with E-state index in [1.54, 1.807) is 6.33 Å². The van der Waals surface area contributed by atoms with E-state index in [1.807, 2.05) is 13.0 Å². The lowest BCUT2D eigenvalue weighted by molar-refractivity contribution is 0.0934. The molecular formula is C13H22N4O. The molecule has 1 aromatic rings. The van der Waals surface area contributed by atoms with Gasteiger partial charge in [0.05, 0.1) is 19.3 Å². The number of nitrogens with zero attached hydrogens (tertiary/aromatic N) is 3. The first-order chi connectivity index (χ1) is 8.81. The Morgan fingerprint density at radius 1 is 1.50 bits per heavy atom. The number of morpholine rings is 1. The maximum atomic E-state index is 5.57. The molecule has 0 bridgehead atoms. The van der Waals surface area contributed by atoms with Crippen molar-refractivity contribution in [1.29, 1.82) is 0 Å². The highest BCUT2D eigenvalue weighted by molar-refractivity contribution is 5.40. The normalized spacial score (nSPS) is 20.1. The van der Waals surface area contributed by atoms with Gasteiger partial charge in [-0.25, -0.2) is 9.97 Å². The number of nitrogens with one attached hydrogen (secondary N) is 1. The van der Waals surface area contributed by atoms with Gasteiger partial charge in [0.2, 0.25) is 0 Å². The zero-order valence-corrected chi connectivity index (χ0v) is 11.2. The second-order valence-corrected chi connectivity index (χ2v) is 4.64. The monoisotopic (exact) mass is 250 g/mol. The average Bonchev–Trinajstić information content (AvgIpc) is 2.40. The van der Waals surface area contributed by atoms with Crippen LogP contribution in [0.2, 0.25) is 0 Å². The fraction of sp³-hybridized carbons (Fsp3) is 0.692. The van der Waals surface area contributed by atoms with E-state index >= 15 is 0 Å². The van der Waals surface area contributed by atoms with Crippen LogP contribution >= 0.6 is 0 Å². The molecule has 0 aliphatic carbocycles. The van der Waals surface area contributed by atoms with Crippen molar-refractivity contribution in [2.75, 3.05) is 37.7 Å². The summed E-state index contributed by atoms with van der Waals surface area (Å²) in [7, 11) is 0. The summed E-state index contributed by atoms with van der Waals surface area (Å²) < 4.78 is 5.57. The first-order valence-electron chi connectivity index (χ1n) is 6.65. The van der Waals surface area contributed by atoms with Crippen LogP contribution in [0.25, 0.3) is 0 Å². The van der Waals surface area contributed by atoms with Crippen molar-refractivity contribution in [1.82, 2.24) is 15.3 Å². The standard InChI is InChI=1S/C13H22N4O/c1-3-4-14-8-12-9-18-6-5-17(12)13-7-11(2)15-10-16-13/h7,10,12,14H,3-6,8-9H2,1-2H3. The Balaban J connectivity index is 2.03. The summed E-state index contributed by atoms with van der Waals surface area (Å²) in [6.45, 7) is 8.60. The van der Waals surface area contributed by atoms with Crippen molar-refractivity contribution in [2.45, 2.75) is 26.3 Å². The minimum absolute atomic E-state index is 0.361. The van der Waals surface area contributed by atoms with Gasteiger partial charge in [-0.3, -0.25) is 0 Å². The zero-order valence-electron chi connectivity index (χ0n) is 11.2. The van der Waals surface area contributed by atoms with E-state index < -0.39 is 0 Å². The van der Waals surface area contributed by atoms with Gasteiger partial charge in [-0.2, -0.15) is 0 Å². The third-order valence-electron chi connectivity index (χ3n) is 3.12. The van der Waals surface area contributed by atoms with Gasteiger partial charge in [0.15, 0.2) is 0 Å². The molecule has 2 heterocycles. The molecule has 5 heteroatoms. The molecule has 1 aliphatic rings. The van der Waals surface area contributed by atoms with Crippen molar-refractivity contribution < 1.29 is 4.74 Å². The number of anilines is 1. The molecule has 1 N–H and O–H groups in total. The number of hydrogen-bond donors (Lipinski definition) is 1. The predicted molar refractivity (Wildman–Crippen MR) is 71.9 cm³/mol. The van der Waals surface area contributed by atoms with Crippen LogP contribution in [-0.2, 0) is 4.74 Å². The summed E-state index contributed by atoms with van der Waals surface area (Å²) in [6.07, 6.45) is 2.79. The van der Waals surface area contributed by atoms with Crippen LogP contribution in [-0.4, -0.2) is 48.9 Å². The number of hydrogen-bond acceptors (Lipinski definition) is 5. The maximum Gasteiger partial charge on any atom is 0.132 e. The fourth-order valence-electron chi connectivity index (χ4n) is 2.17. The number of ether oxygens (including phenoxy) is 1. The smallest absolute Gasteiger partial charge is 0.132 e. The Morgan fingerprint density at radius 2 is 2.39 bits per heavy atom. The molecule has 5 nitrogen and oxygen atoms in total. The largest absolute Gasteiger partial charge is 0.377 e. The number of aromatic nitrogens is 2. The fourth-order valence-corrected chi connectivity index (χ4v) is 2.17. The van der Waals surface area contributed by atoms with Crippen molar-refractivity contribution in [2.24, 2.45) is 0 Å². The van der Waals surface area contributed by atoms with Crippen LogP contribution in [0.1, 0.15) is 19.0 Å². The molecule has 0 radical (unpaired) electrons. The van der Waals surface area contributed by atoms with Gasteiger partial charge < -0.3 is 15.0 Å². The van der Waals surface area contributed by atoms with Crippen molar-refractivity contribution >= 4 is 5.82 Å². The van der Waals surface area contributed by atoms with Gasteiger partial charge in [0.25, 0.3) is 0 Å². The Labute approximate surface area is 109 Å². The molecule has 1 saturated heterocycles. The summed E-state index contributed by atoms with van der Waals surface area (Å²) in [4.78, 5) is 10.8. The molecule has 0 amide bonds. The molecule has 1 unspecified atom stereocenters. The van der Waals surface area contributed by atoms with Gasteiger partial charge >= 0.3 is 0 Å². The zero-order chi connectivity index (χ0) is 12.8. The van der Waals surface area contributed by atoms with E-state index in [9.17, 15) is 0 Å². The molecule has 1 fully saturated rings. The highest BCUT2D eigenvalue weighted by Gasteiger charge is 2.23. The number of rotatable bonds is 5. The van der Waals surface area contributed by atoms with Crippen LogP contribution in [0.15, 0.2) is 12.4 Å². The molecule has 1 aromatic heterocycles. The molecule has 0 aromatic carbocycles. The third-order valence-corrected chi connectivity index (χ3v) is 3.12. The third kappa shape index (κ3) is 3.40. The topological polar surface area (TPSA) is 50.3 Å². The second kappa shape index (κ2) is 6.66. The first kappa shape index (κ1) is 13.2. The van der Waals surface area contributed by atoms with Crippen molar-refractivity contribution in [3.8, 4) is 0 Å². The Bertz CT molecular complexity index is 372. The SMILES string of the molecule is CCCNCC1COCCN1c1cc(C)ncn1. The Hall–Kier alpha value is -1.20. The lowest BCUT2D eigenvalue weighted by atomic mass is 10.2. The van der Waals surface area contributed by atoms with Gasteiger partial charge in [-0.1, -0.05) is 6.92 Å². The van der Waals surface area contributed by atoms with Gasteiger partial charge in [0.1, 0.15) is 12.1 Å². The molecule has 0 spiro atoms. The number of aryl methyl sites for hydroxylation is 1. The summed E-state index contributed by atoms with van der Waals surface area (Å²) >= 11 is 0. The highest BCUT2D eigenvalue weighted by Crippen LogP contribution is 2.16. The van der Waals surface area contributed by atoms with Crippen molar-refractivity contribution in [3.05, 3.63) is 18.1 Å². The van der Waals surface area contributed by atoms with Gasteiger partial charge in [-0.05, 0) is 19.9 Å². The van der Waals surface area contributed by atoms with Crippen LogP contribution in [0.5, 0.6) is 0 Å². The molecule has 0 saturated carbocycles. The maximum absolute atomic E-state index is 5.57. The molecule has 100 valence electrons. The summed E-state index contributed by atoms with van der Waals surface area (Å²) in [5, 5.41) is 3.45. The first-order valence-corrected chi connectivity index (χ1v) is 6.65. The highest BCUT2D eigenvalue weighted by atomic mass is 16.5. The van der Waals surface area contributed by atoms with E-state index in [1.165, 1.54) is 0 Å². The van der Waals surface area contributed by atoms with E-state index in [4.69, 9.17) is 4.74 Å². The summed E-state index contributed by atoms with van der Waals surface area (Å²) in [5.41, 5.74) is 1.01. The van der Waals surface area contributed by atoms with Crippen LogP contribution in [0.3, 0.4) is 0 Å². The predicted octanol–water partition coefficient (Wildman–Crippen LogP) is 0.990. The Kier molecular flexibility index (Phi) is 4.90. The van der Waals surface area contributed by atoms with Crippen LogP contribution in [0.4, 0.5) is 5.82 Å². The van der Waals surface area contributed by atoms with E-state index in [-0.39, 0.29) is 0 Å². The molecule has 18 heavy (non-hydrogen) atoms. The molecule has 1 atom stereocenters. The quantitative estimate of drug-likeness (QED) is 0.790. The summed E-state index contributed by atoms with van der Waals surface area (Å²) in [5.74, 6) is 1.01. The lowest BCUT2D eigenvalue weighted by Crippen LogP contribution is -2.51. The molecule has 1 aliphatic heterocycles. The van der Waals surface area contributed by atoms with Gasteiger partial charge in [-0.15, -0.1) is 0 Å². The van der Waals surface area contributed by atoms with E-state index in [0.717, 1.165) is 50.8 Å². The van der Waals surface area contributed by atoms with Crippen LogP contribution < -0.4 is 10.2 Å². The Morgan fingerprint density at radius 3 is 3.17 bits per heavy atom. The average molecular weight is 250 g/mol.